The number of hydrogen-bond donors (Lipinski definition) is 2. The summed E-state index contributed by atoms with van der Waals surface area (Å²) in [5.41, 5.74) is 3.57. The molecule has 1 heterocycles. The summed E-state index contributed by atoms with van der Waals surface area (Å²) in [4.78, 5) is 0. The second-order valence-electron chi connectivity index (χ2n) is 2.98. The number of hydrazone groups is 1. The molecule has 0 atom stereocenters. The SMILES string of the molecule is Nn1cnnc1N/N=C/c1ccc(Cl)cc1. The van der Waals surface area contributed by atoms with Gasteiger partial charge in [-0.15, -0.1) is 10.2 Å². The summed E-state index contributed by atoms with van der Waals surface area (Å²) in [6, 6.07) is 7.27. The van der Waals surface area contributed by atoms with Crippen molar-refractivity contribution in [1.29, 1.82) is 0 Å². The first-order valence-corrected chi connectivity index (χ1v) is 4.83. The molecule has 0 saturated heterocycles. The maximum Gasteiger partial charge on any atom is 0.263 e. The van der Waals surface area contributed by atoms with E-state index in [1.54, 1.807) is 18.3 Å². The fraction of sp³-hybridized carbons (Fsp3) is 0. The summed E-state index contributed by atoms with van der Waals surface area (Å²) >= 11 is 5.75. The van der Waals surface area contributed by atoms with E-state index in [4.69, 9.17) is 17.4 Å². The number of hydrogen-bond acceptors (Lipinski definition) is 5. The lowest BCUT2D eigenvalue weighted by atomic mass is 10.2. The molecular formula is C9H9ClN6. The second kappa shape index (κ2) is 4.63. The van der Waals surface area contributed by atoms with Gasteiger partial charge in [0.15, 0.2) is 0 Å². The molecule has 0 radical (unpaired) electrons. The first-order chi connectivity index (χ1) is 7.75. The van der Waals surface area contributed by atoms with Crippen LogP contribution in [0.3, 0.4) is 0 Å². The van der Waals surface area contributed by atoms with Gasteiger partial charge in [0.05, 0.1) is 6.21 Å². The third-order valence-electron chi connectivity index (χ3n) is 1.82. The van der Waals surface area contributed by atoms with Crippen molar-refractivity contribution in [3.05, 3.63) is 41.2 Å². The van der Waals surface area contributed by atoms with Gasteiger partial charge in [-0.05, 0) is 17.7 Å². The van der Waals surface area contributed by atoms with Crippen LogP contribution >= 0.6 is 11.6 Å². The Hall–Kier alpha value is -2.08. The highest BCUT2D eigenvalue weighted by molar-refractivity contribution is 6.30. The summed E-state index contributed by atoms with van der Waals surface area (Å²) < 4.78 is 1.24. The van der Waals surface area contributed by atoms with Gasteiger partial charge >= 0.3 is 0 Å². The number of halogens is 1. The van der Waals surface area contributed by atoms with Crippen molar-refractivity contribution in [1.82, 2.24) is 14.9 Å². The molecule has 7 heteroatoms. The molecule has 0 bridgehead atoms. The fourth-order valence-corrected chi connectivity index (χ4v) is 1.16. The van der Waals surface area contributed by atoms with Crippen LogP contribution in [0.15, 0.2) is 35.7 Å². The Morgan fingerprint density at radius 1 is 1.38 bits per heavy atom. The molecule has 0 saturated carbocycles. The van der Waals surface area contributed by atoms with Crippen LogP contribution in [0, 0.1) is 0 Å². The number of aromatic nitrogens is 3. The third-order valence-corrected chi connectivity index (χ3v) is 2.07. The van der Waals surface area contributed by atoms with E-state index in [1.165, 1.54) is 11.0 Å². The maximum atomic E-state index is 5.75. The van der Waals surface area contributed by atoms with Crippen molar-refractivity contribution in [2.75, 3.05) is 11.3 Å². The van der Waals surface area contributed by atoms with Crippen molar-refractivity contribution in [2.45, 2.75) is 0 Å². The number of rotatable bonds is 3. The molecule has 2 rings (SSSR count). The molecule has 0 aliphatic carbocycles. The Balaban J connectivity index is 2.00. The van der Waals surface area contributed by atoms with Gasteiger partial charge in [-0.25, -0.2) is 10.1 Å². The minimum absolute atomic E-state index is 0.366. The molecule has 0 aliphatic rings. The minimum atomic E-state index is 0.366. The maximum absolute atomic E-state index is 5.75. The predicted octanol–water partition coefficient (Wildman–Crippen LogP) is 1.09. The van der Waals surface area contributed by atoms with Crippen molar-refractivity contribution < 1.29 is 0 Å². The summed E-state index contributed by atoms with van der Waals surface area (Å²) in [7, 11) is 0. The van der Waals surface area contributed by atoms with E-state index in [9.17, 15) is 0 Å². The molecule has 6 nitrogen and oxygen atoms in total. The van der Waals surface area contributed by atoms with Crippen LogP contribution in [0.1, 0.15) is 5.56 Å². The lowest BCUT2D eigenvalue weighted by Gasteiger charge is -1.97. The highest BCUT2D eigenvalue weighted by Gasteiger charge is 1.96. The first-order valence-electron chi connectivity index (χ1n) is 4.45. The fourth-order valence-electron chi connectivity index (χ4n) is 1.04. The number of anilines is 1. The Morgan fingerprint density at radius 2 is 2.12 bits per heavy atom. The molecule has 0 unspecified atom stereocenters. The number of benzene rings is 1. The quantitative estimate of drug-likeness (QED) is 0.475. The van der Waals surface area contributed by atoms with E-state index in [0.29, 0.717) is 11.0 Å². The van der Waals surface area contributed by atoms with Crippen LogP contribution in [0.4, 0.5) is 5.95 Å². The zero-order valence-electron chi connectivity index (χ0n) is 8.21. The second-order valence-corrected chi connectivity index (χ2v) is 3.42. The normalized spacial score (nSPS) is 10.8. The van der Waals surface area contributed by atoms with Crippen molar-refractivity contribution in [3.63, 3.8) is 0 Å². The topological polar surface area (TPSA) is 81.1 Å². The van der Waals surface area contributed by atoms with Crippen LogP contribution in [0.25, 0.3) is 0 Å². The summed E-state index contributed by atoms with van der Waals surface area (Å²) in [5.74, 6) is 5.84. The van der Waals surface area contributed by atoms with Crippen LogP contribution in [-0.2, 0) is 0 Å². The molecule has 82 valence electrons. The largest absolute Gasteiger partial charge is 0.335 e. The Bertz CT molecular complexity index is 489. The number of nitrogens with two attached hydrogens (primary N) is 1. The van der Waals surface area contributed by atoms with Crippen LogP contribution in [0.2, 0.25) is 5.02 Å². The molecule has 1 aromatic heterocycles. The summed E-state index contributed by atoms with van der Waals surface area (Å²) in [6.45, 7) is 0. The third kappa shape index (κ3) is 2.48. The molecule has 2 aromatic rings. The van der Waals surface area contributed by atoms with Crippen LogP contribution in [-0.4, -0.2) is 21.1 Å². The Kier molecular flexibility index (Phi) is 3.02. The molecule has 0 aliphatic heterocycles. The van der Waals surface area contributed by atoms with Crippen LogP contribution in [0.5, 0.6) is 0 Å². The van der Waals surface area contributed by atoms with Gasteiger partial charge in [-0.3, -0.25) is 0 Å². The minimum Gasteiger partial charge on any atom is -0.335 e. The molecule has 0 fully saturated rings. The van der Waals surface area contributed by atoms with Gasteiger partial charge in [0.25, 0.3) is 5.95 Å². The monoisotopic (exact) mass is 236 g/mol. The van der Waals surface area contributed by atoms with Crippen molar-refractivity contribution >= 4 is 23.8 Å². The Labute approximate surface area is 96.7 Å². The Morgan fingerprint density at radius 3 is 2.75 bits per heavy atom. The highest BCUT2D eigenvalue weighted by Crippen LogP contribution is 2.07. The molecule has 3 N–H and O–H groups in total. The lowest BCUT2D eigenvalue weighted by molar-refractivity contribution is 0.988. The van der Waals surface area contributed by atoms with E-state index in [2.05, 4.69) is 20.7 Å². The number of nitrogen functional groups attached to an aromatic ring is 1. The van der Waals surface area contributed by atoms with Gasteiger partial charge < -0.3 is 5.84 Å². The van der Waals surface area contributed by atoms with E-state index in [-0.39, 0.29) is 0 Å². The lowest BCUT2D eigenvalue weighted by Crippen LogP contribution is -2.10. The molecular weight excluding hydrogens is 228 g/mol. The van der Waals surface area contributed by atoms with Crippen molar-refractivity contribution in [2.24, 2.45) is 5.10 Å². The summed E-state index contributed by atoms with van der Waals surface area (Å²) in [5, 5.41) is 11.9. The van der Waals surface area contributed by atoms with E-state index in [1.807, 2.05) is 12.1 Å². The smallest absolute Gasteiger partial charge is 0.263 e. The molecule has 0 amide bonds. The average Bonchev–Trinajstić information content (AvgIpc) is 2.68. The zero-order chi connectivity index (χ0) is 11.4. The number of nitrogens with one attached hydrogen (secondary N) is 1. The molecule has 0 spiro atoms. The summed E-state index contributed by atoms with van der Waals surface area (Å²) in [6.07, 6.45) is 3.01. The zero-order valence-corrected chi connectivity index (χ0v) is 8.96. The van der Waals surface area contributed by atoms with Gasteiger partial charge in [0.2, 0.25) is 0 Å². The average molecular weight is 237 g/mol. The van der Waals surface area contributed by atoms with E-state index in [0.717, 1.165) is 5.56 Å². The highest BCUT2D eigenvalue weighted by atomic mass is 35.5. The van der Waals surface area contributed by atoms with E-state index >= 15 is 0 Å². The van der Waals surface area contributed by atoms with Gasteiger partial charge in [-0.2, -0.15) is 5.10 Å². The standard InChI is InChI=1S/C9H9ClN6/c10-8-3-1-7(2-4-8)5-12-14-9-15-13-6-16(9)11/h1-6H,11H2,(H,14,15)/b12-5+. The van der Waals surface area contributed by atoms with E-state index < -0.39 is 0 Å². The van der Waals surface area contributed by atoms with Gasteiger partial charge in [-0.1, -0.05) is 23.7 Å². The molecule has 16 heavy (non-hydrogen) atoms. The molecule has 1 aromatic carbocycles. The number of nitrogens with zero attached hydrogens (tertiary/aromatic N) is 4. The van der Waals surface area contributed by atoms with Gasteiger partial charge in [0, 0.05) is 5.02 Å². The van der Waals surface area contributed by atoms with Gasteiger partial charge in [0.1, 0.15) is 6.33 Å². The van der Waals surface area contributed by atoms with Crippen molar-refractivity contribution in [3.8, 4) is 0 Å². The first kappa shape index (κ1) is 10.4. The van der Waals surface area contributed by atoms with Crippen LogP contribution < -0.4 is 11.3 Å². The predicted molar refractivity (Wildman–Crippen MR) is 62.8 cm³/mol.